The van der Waals surface area contributed by atoms with Crippen molar-refractivity contribution in [2.75, 3.05) is 19.8 Å². The zero-order chi connectivity index (χ0) is 20.1. The van der Waals surface area contributed by atoms with Crippen molar-refractivity contribution in [2.24, 2.45) is 0 Å². The van der Waals surface area contributed by atoms with E-state index in [0.717, 1.165) is 25.0 Å². The average molecular weight is 392 g/mol. The Morgan fingerprint density at radius 2 is 2.00 bits per heavy atom. The number of aromatic nitrogens is 1. The quantitative estimate of drug-likeness (QED) is 0.609. The predicted molar refractivity (Wildman–Crippen MR) is 114 cm³/mol. The number of amides is 1. The van der Waals surface area contributed by atoms with Gasteiger partial charge in [-0.1, -0.05) is 48.5 Å². The zero-order valence-electron chi connectivity index (χ0n) is 16.8. The van der Waals surface area contributed by atoms with Crippen LogP contribution in [-0.4, -0.2) is 42.9 Å². The lowest BCUT2D eigenvalue weighted by Crippen LogP contribution is -2.38. The number of nitrogens with one attached hydrogen (secondary N) is 2. The number of fused-ring (bicyclic) bond motifs is 1. The summed E-state index contributed by atoms with van der Waals surface area (Å²) in [5.41, 5.74) is 3.45. The summed E-state index contributed by atoms with van der Waals surface area (Å²) < 4.78 is 11.3. The Bertz CT molecular complexity index is 931. The van der Waals surface area contributed by atoms with Gasteiger partial charge in [-0.2, -0.15) is 0 Å². The third-order valence-corrected chi connectivity index (χ3v) is 5.60. The molecule has 5 nitrogen and oxygen atoms in total. The second kappa shape index (κ2) is 9.25. The van der Waals surface area contributed by atoms with Crippen molar-refractivity contribution in [3.05, 3.63) is 71.9 Å². The van der Waals surface area contributed by atoms with Crippen molar-refractivity contribution in [3.63, 3.8) is 0 Å². The van der Waals surface area contributed by atoms with Gasteiger partial charge in [-0.15, -0.1) is 0 Å². The molecule has 1 aliphatic heterocycles. The van der Waals surface area contributed by atoms with E-state index in [1.54, 1.807) is 6.92 Å². The zero-order valence-corrected chi connectivity index (χ0v) is 16.8. The summed E-state index contributed by atoms with van der Waals surface area (Å²) >= 11 is 0. The molecule has 0 spiro atoms. The summed E-state index contributed by atoms with van der Waals surface area (Å²) in [4.78, 5) is 16.0. The smallest absolute Gasteiger partial charge is 0.248 e. The Balaban J connectivity index is 1.45. The maximum Gasteiger partial charge on any atom is 0.248 e. The number of carbonyl (C=O) groups excluding carboxylic acids is 1. The number of hydrogen-bond donors (Lipinski definition) is 2. The van der Waals surface area contributed by atoms with Gasteiger partial charge in [0.15, 0.2) is 0 Å². The van der Waals surface area contributed by atoms with Crippen molar-refractivity contribution in [3.8, 4) is 0 Å². The molecule has 0 aliphatic carbocycles. The molecular formula is C24H28N2O3. The molecule has 29 heavy (non-hydrogen) atoms. The number of benzene rings is 2. The maximum absolute atomic E-state index is 12.6. The van der Waals surface area contributed by atoms with Crippen LogP contribution in [0.2, 0.25) is 0 Å². The van der Waals surface area contributed by atoms with Crippen molar-refractivity contribution < 1.29 is 14.3 Å². The fraction of sp³-hybridized carbons (Fsp3) is 0.375. The van der Waals surface area contributed by atoms with Crippen LogP contribution < -0.4 is 5.32 Å². The lowest BCUT2D eigenvalue weighted by molar-refractivity contribution is -0.133. The number of H-pyrrole nitrogens is 1. The standard InChI is InChI=1S/C24H28N2O3/c1-17(29-16-19-10-7-13-28-19)24(27)26-14-21(18-8-3-2-4-9-18)22-15-25-23-12-6-5-11-20(22)23/h2-6,8-9,11-12,15,17,19,21,25H,7,10,13-14,16H2,1H3,(H,26,27). The van der Waals surface area contributed by atoms with Crippen LogP contribution in [0.15, 0.2) is 60.8 Å². The molecule has 2 aromatic carbocycles. The first kappa shape index (κ1) is 19.7. The van der Waals surface area contributed by atoms with Crippen LogP contribution in [0, 0.1) is 0 Å². The van der Waals surface area contributed by atoms with Gasteiger partial charge in [0.05, 0.1) is 12.7 Å². The van der Waals surface area contributed by atoms with Gasteiger partial charge >= 0.3 is 0 Å². The fourth-order valence-electron chi connectivity index (χ4n) is 3.92. The number of para-hydroxylation sites is 1. The van der Waals surface area contributed by atoms with E-state index in [4.69, 9.17) is 9.47 Å². The molecule has 3 aromatic rings. The summed E-state index contributed by atoms with van der Waals surface area (Å²) in [5, 5.41) is 4.27. The third kappa shape index (κ3) is 4.69. The second-order valence-electron chi connectivity index (χ2n) is 7.61. The van der Waals surface area contributed by atoms with Gasteiger partial charge in [0.25, 0.3) is 0 Å². The number of rotatable bonds is 8. The van der Waals surface area contributed by atoms with Crippen LogP contribution in [0.3, 0.4) is 0 Å². The molecule has 3 unspecified atom stereocenters. The molecule has 3 atom stereocenters. The first-order valence-electron chi connectivity index (χ1n) is 10.3. The summed E-state index contributed by atoms with van der Waals surface area (Å²) in [6.45, 7) is 3.57. The molecule has 5 heteroatoms. The molecule has 4 rings (SSSR count). The van der Waals surface area contributed by atoms with E-state index in [0.29, 0.717) is 13.2 Å². The van der Waals surface area contributed by atoms with Crippen LogP contribution >= 0.6 is 0 Å². The van der Waals surface area contributed by atoms with E-state index in [1.165, 1.54) is 16.5 Å². The minimum Gasteiger partial charge on any atom is -0.376 e. The van der Waals surface area contributed by atoms with Gasteiger partial charge in [0, 0.05) is 36.2 Å². The van der Waals surface area contributed by atoms with E-state index in [2.05, 4.69) is 34.6 Å². The Kier molecular flexibility index (Phi) is 6.27. The molecule has 1 amide bonds. The van der Waals surface area contributed by atoms with E-state index in [-0.39, 0.29) is 17.9 Å². The first-order valence-corrected chi connectivity index (χ1v) is 10.3. The molecule has 1 aromatic heterocycles. The van der Waals surface area contributed by atoms with Crippen LogP contribution in [0.25, 0.3) is 10.9 Å². The highest BCUT2D eigenvalue weighted by atomic mass is 16.5. The minimum atomic E-state index is -0.501. The van der Waals surface area contributed by atoms with Crippen LogP contribution in [-0.2, 0) is 14.3 Å². The molecule has 0 bridgehead atoms. The summed E-state index contributed by atoms with van der Waals surface area (Å²) in [6.07, 6.45) is 3.74. The van der Waals surface area contributed by atoms with Crippen molar-refractivity contribution >= 4 is 16.8 Å². The van der Waals surface area contributed by atoms with Gasteiger partial charge < -0.3 is 19.8 Å². The summed E-state index contributed by atoms with van der Waals surface area (Å²) in [7, 11) is 0. The first-order chi connectivity index (χ1) is 14.2. The third-order valence-electron chi connectivity index (χ3n) is 5.60. The van der Waals surface area contributed by atoms with E-state index in [9.17, 15) is 4.79 Å². The number of carbonyl (C=O) groups is 1. The molecule has 2 N–H and O–H groups in total. The largest absolute Gasteiger partial charge is 0.376 e. The lowest BCUT2D eigenvalue weighted by Gasteiger charge is -2.20. The SMILES string of the molecule is CC(OCC1CCCO1)C(=O)NCC(c1ccccc1)c1c[nH]c2ccccc12. The summed E-state index contributed by atoms with van der Waals surface area (Å²) in [6, 6.07) is 18.5. The Labute approximate surface area is 171 Å². The molecule has 0 saturated carbocycles. The maximum atomic E-state index is 12.6. The van der Waals surface area contributed by atoms with Gasteiger partial charge in [0.2, 0.25) is 5.91 Å². The minimum absolute atomic E-state index is 0.0571. The van der Waals surface area contributed by atoms with Crippen molar-refractivity contribution in [1.82, 2.24) is 10.3 Å². The molecule has 2 heterocycles. The molecule has 1 saturated heterocycles. The van der Waals surface area contributed by atoms with E-state index in [1.807, 2.05) is 36.5 Å². The van der Waals surface area contributed by atoms with E-state index < -0.39 is 6.10 Å². The van der Waals surface area contributed by atoms with Crippen molar-refractivity contribution in [1.29, 1.82) is 0 Å². The Hall–Kier alpha value is -2.63. The van der Waals surface area contributed by atoms with Crippen molar-refractivity contribution in [2.45, 2.75) is 37.9 Å². The Morgan fingerprint density at radius 3 is 2.79 bits per heavy atom. The fourth-order valence-corrected chi connectivity index (χ4v) is 3.92. The average Bonchev–Trinajstić information content (AvgIpc) is 3.43. The van der Waals surface area contributed by atoms with Crippen LogP contribution in [0.4, 0.5) is 0 Å². The second-order valence-corrected chi connectivity index (χ2v) is 7.61. The number of ether oxygens (including phenoxy) is 2. The molecule has 1 aliphatic rings. The van der Waals surface area contributed by atoms with Gasteiger partial charge in [-0.3, -0.25) is 4.79 Å². The normalized spacial score (nSPS) is 18.6. The summed E-state index contributed by atoms with van der Waals surface area (Å²) in [5.74, 6) is -0.0366. The Morgan fingerprint density at radius 1 is 1.21 bits per heavy atom. The highest BCUT2D eigenvalue weighted by Gasteiger charge is 2.22. The molecular weight excluding hydrogens is 364 g/mol. The molecule has 0 radical (unpaired) electrons. The topological polar surface area (TPSA) is 63.4 Å². The lowest BCUT2D eigenvalue weighted by atomic mass is 9.91. The van der Waals surface area contributed by atoms with Gasteiger partial charge in [-0.25, -0.2) is 0 Å². The van der Waals surface area contributed by atoms with Gasteiger partial charge in [-0.05, 0) is 37.0 Å². The van der Waals surface area contributed by atoms with Crippen LogP contribution in [0.5, 0.6) is 0 Å². The molecule has 152 valence electrons. The molecule has 1 fully saturated rings. The number of hydrogen-bond acceptors (Lipinski definition) is 3. The highest BCUT2D eigenvalue weighted by molar-refractivity contribution is 5.84. The van der Waals surface area contributed by atoms with E-state index >= 15 is 0 Å². The predicted octanol–water partition coefficient (Wildman–Crippen LogP) is 4.00. The van der Waals surface area contributed by atoms with Crippen LogP contribution in [0.1, 0.15) is 36.8 Å². The van der Waals surface area contributed by atoms with Gasteiger partial charge in [0.1, 0.15) is 6.10 Å². The highest BCUT2D eigenvalue weighted by Crippen LogP contribution is 2.30. The number of aromatic amines is 1. The monoisotopic (exact) mass is 392 g/mol.